The maximum absolute atomic E-state index is 13.3. The van der Waals surface area contributed by atoms with Gasteiger partial charge in [0, 0.05) is 0 Å². The molecule has 5 nitrogen and oxygen atoms in total. The number of hydrogen-bond donors (Lipinski definition) is 1. The minimum absolute atomic E-state index is 0.0391. The van der Waals surface area contributed by atoms with Crippen LogP contribution in [0.1, 0.15) is 5.56 Å². The third-order valence-corrected chi connectivity index (χ3v) is 4.84. The Kier molecular flexibility index (Phi) is 3.67. The molecule has 0 spiro atoms. The summed E-state index contributed by atoms with van der Waals surface area (Å²) >= 11 is 0. The van der Waals surface area contributed by atoms with Crippen molar-refractivity contribution in [1.29, 1.82) is 0 Å². The van der Waals surface area contributed by atoms with Crippen molar-refractivity contribution < 1.29 is 17.6 Å². The van der Waals surface area contributed by atoms with Gasteiger partial charge in [-0.2, -0.15) is 0 Å². The van der Waals surface area contributed by atoms with Crippen molar-refractivity contribution >= 4 is 21.6 Å². The molecule has 22 heavy (non-hydrogen) atoms. The highest BCUT2D eigenvalue weighted by molar-refractivity contribution is 7.89. The van der Waals surface area contributed by atoms with Crippen molar-refractivity contribution in [3.63, 3.8) is 0 Å². The second-order valence-corrected chi connectivity index (χ2v) is 6.64. The van der Waals surface area contributed by atoms with E-state index in [0.717, 1.165) is 0 Å². The van der Waals surface area contributed by atoms with E-state index in [1.807, 2.05) is 0 Å². The summed E-state index contributed by atoms with van der Waals surface area (Å²) < 4.78 is 39.8. The highest BCUT2D eigenvalue weighted by atomic mass is 32.2. The first-order valence-electron chi connectivity index (χ1n) is 6.61. The maximum atomic E-state index is 13.3. The first-order valence-corrected chi connectivity index (χ1v) is 8.09. The zero-order chi connectivity index (χ0) is 15.7. The van der Waals surface area contributed by atoms with Crippen LogP contribution in [0.3, 0.4) is 0 Å². The molecule has 1 heterocycles. The zero-order valence-electron chi connectivity index (χ0n) is 11.5. The quantitative estimate of drug-likeness (QED) is 0.915. The number of nitrogens with one attached hydrogen (secondary N) is 1. The number of carbonyl (C=O) groups excluding carboxylic acids is 1. The van der Waals surface area contributed by atoms with Gasteiger partial charge < -0.3 is 4.90 Å². The van der Waals surface area contributed by atoms with Gasteiger partial charge in [-0.3, -0.25) is 4.79 Å². The van der Waals surface area contributed by atoms with Gasteiger partial charge in [0.1, 0.15) is 10.7 Å². The van der Waals surface area contributed by atoms with Gasteiger partial charge in [-0.1, -0.05) is 24.3 Å². The van der Waals surface area contributed by atoms with E-state index in [1.165, 1.54) is 23.1 Å². The van der Waals surface area contributed by atoms with Crippen molar-refractivity contribution in [3.05, 3.63) is 59.9 Å². The second-order valence-electron chi connectivity index (χ2n) is 4.90. The Labute approximate surface area is 127 Å². The molecule has 1 amide bonds. The number of para-hydroxylation sites is 1. The van der Waals surface area contributed by atoms with Crippen LogP contribution in [-0.4, -0.2) is 20.9 Å². The van der Waals surface area contributed by atoms with Crippen molar-refractivity contribution in [1.82, 2.24) is 4.72 Å². The first-order chi connectivity index (χ1) is 10.5. The molecule has 0 atom stereocenters. The number of anilines is 1. The van der Waals surface area contributed by atoms with E-state index in [-0.39, 0.29) is 18.0 Å². The van der Waals surface area contributed by atoms with Crippen LogP contribution < -0.4 is 9.62 Å². The van der Waals surface area contributed by atoms with Gasteiger partial charge in [0.2, 0.25) is 15.9 Å². The lowest BCUT2D eigenvalue weighted by Gasteiger charge is -2.22. The number of halogens is 1. The summed E-state index contributed by atoms with van der Waals surface area (Å²) in [4.78, 5) is 13.6. The molecule has 2 aromatic rings. The Morgan fingerprint density at radius 2 is 1.91 bits per heavy atom. The highest BCUT2D eigenvalue weighted by Crippen LogP contribution is 2.28. The molecule has 3 rings (SSSR count). The predicted octanol–water partition coefficient (Wildman–Crippen LogP) is 1.65. The average molecular weight is 320 g/mol. The predicted molar refractivity (Wildman–Crippen MR) is 79.2 cm³/mol. The monoisotopic (exact) mass is 320 g/mol. The van der Waals surface area contributed by atoms with E-state index >= 15 is 0 Å². The lowest BCUT2D eigenvalue weighted by molar-refractivity contribution is -0.117. The van der Waals surface area contributed by atoms with Crippen LogP contribution in [0.2, 0.25) is 0 Å². The molecule has 2 aromatic carbocycles. The standard InChI is InChI=1S/C15H13FN2O3S/c16-12-5-3-4-11(8-12)10-18-13-6-1-2-7-14(13)22(20,21)17-9-15(18)19/h1-8,17H,9-10H2. The maximum Gasteiger partial charge on any atom is 0.243 e. The SMILES string of the molecule is O=C1CNS(=O)(=O)c2ccccc2N1Cc1cccc(F)c1. The van der Waals surface area contributed by atoms with Crippen LogP contribution in [0.15, 0.2) is 53.4 Å². The molecular weight excluding hydrogens is 307 g/mol. The molecule has 0 fully saturated rings. The van der Waals surface area contributed by atoms with Crippen LogP contribution in [0.4, 0.5) is 10.1 Å². The van der Waals surface area contributed by atoms with Crippen LogP contribution in [0.5, 0.6) is 0 Å². The van der Waals surface area contributed by atoms with E-state index in [1.54, 1.807) is 30.3 Å². The van der Waals surface area contributed by atoms with E-state index in [0.29, 0.717) is 11.3 Å². The fraction of sp³-hybridized carbons (Fsp3) is 0.133. The van der Waals surface area contributed by atoms with Crippen molar-refractivity contribution in [2.24, 2.45) is 0 Å². The number of nitrogens with zero attached hydrogens (tertiary/aromatic N) is 1. The minimum Gasteiger partial charge on any atom is -0.305 e. The molecule has 1 aliphatic heterocycles. The Morgan fingerprint density at radius 1 is 1.14 bits per heavy atom. The number of benzene rings is 2. The molecule has 1 aliphatic rings. The number of rotatable bonds is 2. The second kappa shape index (κ2) is 5.51. The summed E-state index contributed by atoms with van der Waals surface area (Å²) in [5.41, 5.74) is 0.879. The minimum atomic E-state index is -3.73. The van der Waals surface area contributed by atoms with E-state index in [4.69, 9.17) is 0 Å². The molecule has 0 bridgehead atoms. The smallest absolute Gasteiger partial charge is 0.243 e. The van der Waals surface area contributed by atoms with Gasteiger partial charge >= 0.3 is 0 Å². The number of amides is 1. The summed E-state index contributed by atoms with van der Waals surface area (Å²) in [6.07, 6.45) is 0. The molecule has 0 saturated heterocycles. The van der Waals surface area contributed by atoms with Crippen LogP contribution in [0, 0.1) is 5.82 Å². The van der Waals surface area contributed by atoms with Gasteiger partial charge in [0.25, 0.3) is 0 Å². The summed E-state index contributed by atoms with van der Waals surface area (Å²) in [6.45, 7) is -0.225. The largest absolute Gasteiger partial charge is 0.305 e. The van der Waals surface area contributed by atoms with Crippen LogP contribution in [0.25, 0.3) is 0 Å². The van der Waals surface area contributed by atoms with Crippen LogP contribution in [-0.2, 0) is 21.4 Å². The topological polar surface area (TPSA) is 66.5 Å². The number of hydrogen-bond acceptors (Lipinski definition) is 3. The van der Waals surface area contributed by atoms with Gasteiger partial charge in [0.05, 0.1) is 18.8 Å². The van der Waals surface area contributed by atoms with Gasteiger partial charge in [-0.05, 0) is 29.8 Å². The Morgan fingerprint density at radius 3 is 2.68 bits per heavy atom. The van der Waals surface area contributed by atoms with Crippen molar-refractivity contribution in [2.75, 3.05) is 11.4 Å². The first kappa shape index (κ1) is 14.7. The summed E-state index contributed by atoms with van der Waals surface area (Å²) in [5.74, 6) is -0.795. The Balaban J connectivity index is 2.07. The number of fused-ring (bicyclic) bond motifs is 1. The third-order valence-electron chi connectivity index (χ3n) is 3.39. The Hall–Kier alpha value is -2.25. The summed E-state index contributed by atoms with van der Waals surface area (Å²) in [6, 6.07) is 12.1. The molecule has 0 saturated carbocycles. The van der Waals surface area contributed by atoms with Crippen molar-refractivity contribution in [3.8, 4) is 0 Å². The van der Waals surface area contributed by atoms with Gasteiger partial charge in [0.15, 0.2) is 0 Å². The fourth-order valence-electron chi connectivity index (χ4n) is 2.36. The number of sulfonamides is 1. The van der Waals surface area contributed by atoms with E-state index < -0.39 is 21.7 Å². The lowest BCUT2D eigenvalue weighted by atomic mass is 10.2. The summed E-state index contributed by atoms with van der Waals surface area (Å²) in [5, 5.41) is 0. The zero-order valence-corrected chi connectivity index (χ0v) is 12.3. The van der Waals surface area contributed by atoms with Gasteiger partial charge in [-0.25, -0.2) is 17.5 Å². The molecule has 7 heteroatoms. The van der Waals surface area contributed by atoms with E-state index in [9.17, 15) is 17.6 Å². The highest BCUT2D eigenvalue weighted by Gasteiger charge is 2.29. The third kappa shape index (κ3) is 2.72. The lowest BCUT2D eigenvalue weighted by Crippen LogP contribution is -2.36. The normalized spacial score (nSPS) is 17.0. The molecular formula is C15H13FN2O3S. The van der Waals surface area contributed by atoms with Crippen molar-refractivity contribution in [2.45, 2.75) is 11.4 Å². The van der Waals surface area contributed by atoms with Gasteiger partial charge in [-0.15, -0.1) is 0 Å². The molecule has 0 aliphatic carbocycles. The number of carbonyl (C=O) groups is 1. The Bertz CT molecular complexity index is 836. The van der Waals surface area contributed by atoms with Crippen LogP contribution >= 0.6 is 0 Å². The molecule has 1 N–H and O–H groups in total. The average Bonchev–Trinajstić information content (AvgIpc) is 2.58. The molecule has 114 valence electrons. The summed E-state index contributed by atoms with van der Waals surface area (Å²) in [7, 11) is -3.73. The molecule has 0 unspecified atom stereocenters. The molecule has 0 radical (unpaired) electrons. The molecule has 0 aromatic heterocycles. The fourth-order valence-corrected chi connectivity index (χ4v) is 3.54. The van der Waals surface area contributed by atoms with E-state index in [2.05, 4.69) is 4.72 Å².